The van der Waals surface area contributed by atoms with E-state index in [0.717, 1.165) is 25.1 Å². The minimum atomic E-state index is 0.0190. The van der Waals surface area contributed by atoms with Crippen molar-refractivity contribution in [3.05, 3.63) is 52.3 Å². The zero-order chi connectivity index (χ0) is 14.7. The molecule has 108 valence electrons. The Morgan fingerprint density at radius 3 is 2.45 bits per heavy atom. The molecule has 20 heavy (non-hydrogen) atoms. The van der Waals surface area contributed by atoms with Crippen LogP contribution in [0.25, 0.3) is 0 Å². The average Bonchev–Trinajstić information content (AvgIpc) is 2.79. The van der Waals surface area contributed by atoms with Crippen molar-refractivity contribution in [3.63, 3.8) is 0 Å². The summed E-state index contributed by atoms with van der Waals surface area (Å²) in [5, 5.41) is 4.81. The predicted octanol–water partition coefficient (Wildman–Crippen LogP) is 4.66. The van der Waals surface area contributed by atoms with Crippen molar-refractivity contribution >= 4 is 11.6 Å². The molecule has 1 unspecified atom stereocenters. The molecule has 0 radical (unpaired) electrons. The van der Waals surface area contributed by atoms with E-state index in [1.165, 1.54) is 22.4 Å². The van der Waals surface area contributed by atoms with Crippen LogP contribution in [0.5, 0.6) is 0 Å². The molecule has 0 saturated carbocycles. The normalized spacial score (nSPS) is 12.7. The van der Waals surface area contributed by atoms with E-state index in [1.54, 1.807) is 0 Å². The summed E-state index contributed by atoms with van der Waals surface area (Å²) >= 11 is 6.37. The van der Waals surface area contributed by atoms with Gasteiger partial charge in [0.05, 0.1) is 17.6 Å². The second kappa shape index (κ2) is 6.45. The van der Waals surface area contributed by atoms with Crippen molar-refractivity contribution in [2.24, 2.45) is 0 Å². The highest BCUT2D eigenvalue weighted by Gasteiger charge is 2.19. The molecule has 0 aliphatic heterocycles. The third-order valence-corrected chi connectivity index (χ3v) is 4.04. The van der Waals surface area contributed by atoms with Crippen LogP contribution in [0.3, 0.4) is 0 Å². The first-order chi connectivity index (χ1) is 9.58. The standard InChI is InChI=1S/C17H23ClN2/c1-5-15-17(13(4)18)16(6-2)20(19-15)11-14-10-8-7-9-12(14)3/h7-10,13H,5-6,11H2,1-4H3. The van der Waals surface area contributed by atoms with E-state index in [9.17, 15) is 0 Å². The van der Waals surface area contributed by atoms with Crippen LogP contribution in [-0.4, -0.2) is 9.78 Å². The van der Waals surface area contributed by atoms with E-state index >= 15 is 0 Å². The maximum Gasteiger partial charge on any atom is 0.0671 e. The molecule has 1 atom stereocenters. The molecule has 1 heterocycles. The smallest absolute Gasteiger partial charge is 0.0671 e. The first-order valence-corrected chi connectivity index (χ1v) is 7.79. The Morgan fingerprint density at radius 2 is 1.90 bits per heavy atom. The van der Waals surface area contributed by atoms with Crippen molar-refractivity contribution in [2.45, 2.75) is 52.5 Å². The lowest BCUT2D eigenvalue weighted by Crippen LogP contribution is -2.08. The topological polar surface area (TPSA) is 17.8 Å². The molecule has 1 aromatic heterocycles. The molecule has 0 N–H and O–H groups in total. The van der Waals surface area contributed by atoms with Gasteiger partial charge in [0.15, 0.2) is 0 Å². The predicted molar refractivity (Wildman–Crippen MR) is 85.5 cm³/mol. The lowest BCUT2D eigenvalue weighted by molar-refractivity contribution is 0.637. The maximum absolute atomic E-state index is 6.37. The summed E-state index contributed by atoms with van der Waals surface area (Å²) in [7, 11) is 0. The fourth-order valence-electron chi connectivity index (χ4n) is 2.74. The number of hydrogen-bond donors (Lipinski definition) is 0. The summed E-state index contributed by atoms with van der Waals surface area (Å²) in [6.45, 7) is 9.33. The minimum Gasteiger partial charge on any atom is -0.265 e. The summed E-state index contributed by atoms with van der Waals surface area (Å²) in [4.78, 5) is 0. The molecule has 0 aliphatic rings. The second-order valence-corrected chi connectivity index (χ2v) is 5.87. The fourth-order valence-corrected chi connectivity index (χ4v) is 2.99. The number of halogens is 1. The molecule has 0 fully saturated rings. The summed E-state index contributed by atoms with van der Waals surface area (Å²) in [5.41, 5.74) is 6.26. The van der Waals surface area contributed by atoms with E-state index in [-0.39, 0.29) is 5.38 Å². The van der Waals surface area contributed by atoms with Gasteiger partial charge in [-0.15, -0.1) is 11.6 Å². The molecule has 2 rings (SSSR count). The Balaban J connectivity index is 2.44. The highest BCUT2D eigenvalue weighted by atomic mass is 35.5. The minimum absolute atomic E-state index is 0.0190. The lowest BCUT2D eigenvalue weighted by atomic mass is 10.1. The Morgan fingerprint density at radius 1 is 1.20 bits per heavy atom. The Labute approximate surface area is 126 Å². The Kier molecular flexibility index (Phi) is 4.87. The molecule has 0 amide bonds. The Bertz CT molecular complexity index is 585. The molecule has 0 saturated heterocycles. The average molecular weight is 291 g/mol. The van der Waals surface area contributed by atoms with Gasteiger partial charge in [-0.25, -0.2) is 0 Å². The van der Waals surface area contributed by atoms with E-state index in [2.05, 4.69) is 49.7 Å². The van der Waals surface area contributed by atoms with Crippen molar-refractivity contribution in [1.29, 1.82) is 0 Å². The zero-order valence-electron chi connectivity index (χ0n) is 12.8. The van der Waals surface area contributed by atoms with Gasteiger partial charge in [0.25, 0.3) is 0 Å². The molecular formula is C17H23ClN2. The second-order valence-electron chi connectivity index (χ2n) is 5.21. The molecule has 0 spiro atoms. The van der Waals surface area contributed by atoms with Crippen molar-refractivity contribution in [2.75, 3.05) is 0 Å². The van der Waals surface area contributed by atoms with Gasteiger partial charge >= 0.3 is 0 Å². The third-order valence-electron chi connectivity index (χ3n) is 3.82. The zero-order valence-corrected chi connectivity index (χ0v) is 13.5. The number of benzene rings is 1. The summed E-state index contributed by atoms with van der Waals surface area (Å²) in [5.74, 6) is 0. The summed E-state index contributed by atoms with van der Waals surface area (Å²) < 4.78 is 2.13. The van der Waals surface area contributed by atoms with Gasteiger partial charge in [-0.05, 0) is 37.8 Å². The fraction of sp³-hybridized carbons (Fsp3) is 0.471. The number of aryl methyl sites for hydroxylation is 2. The van der Waals surface area contributed by atoms with E-state index in [0.29, 0.717) is 0 Å². The Hall–Kier alpha value is -1.28. The van der Waals surface area contributed by atoms with E-state index in [1.807, 2.05) is 6.92 Å². The van der Waals surface area contributed by atoms with Crippen molar-refractivity contribution < 1.29 is 0 Å². The van der Waals surface area contributed by atoms with Crippen LogP contribution in [-0.2, 0) is 19.4 Å². The number of aromatic nitrogens is 2. The van der Waals surface area contributed by atoms with Crippen LogP contribution in [0.4, 0.5) is 0 Å². The van der Waals surface area contributed by atoms with Crippen LogP contribution in [0.15, 0.2) is 24.3 Å². The van der Waals surface area contributed by atoms with Gasteiger partial charge in [0.2, 0.25) is 0 Å². The van der Waals surface area contributed by atoms with Crippen LogP contribution in [0.2, 0.25) is 0 Å². The van der Waals surface area contributed by atoms with Crippen LogP contribution in [0, 0.1) is 6.92 Å². The van der Waals surface area contributed by atoms with Crippen LogP contribution >= 0.6 is 11.6 Å². The maximum atomic E-state index is 6.37. The highest BCUT2D eigenvalue weighted by molar-refractivity contribution is 6.20. The largest absolute Gasteiger partial charge is 0.265 e. The molecule has 3 heteroatoms. The monoisotopic (exact) mass is 290 g/mol. The van der Waals surface area contributed by atoms with Gasteiger partial charge in [0.1, 0.15) is 0 Å². The molecule has 0 aliphatic carbocycles. The third kappa shape index (κ3) is 2.90. The number of hydrogen-bond acceptors (Lipinski definition) is 1. The van der Waals surface area contributed by atoms with Gasteiger partial charge < -0.3 is 0 Å². The van der Waals surface area contributed by atoms with Crippen LogP contribution in [0.1, 0.15) is 54.2 Å². The number of nitrogens with zero attached hydrogens (tertiary/aromatic N) is 2. The van der Waals surface area contributed by atoms with E-state index < -0.39 is 0 Å². The van der Waals surface area contributed by atoms with Gasteiger partial charge in [0, 0.05) is 11.3 Å². The molecule has 2 nitrogen and oxygen atoms in total. The number of rotatable bonds is 5. The van der Waals surface area contributed by atoms with Gasteiger partial charge in [-0.3, -0.25) is 4.68 Å². The molecule has 2 aromatic rings. The van der Waals surface area contributed by atoms with Crippen molar-refractivity contribution in [3.8, 4) is 0 Å². The first-order valence-electron chi connectivity index (χ1n) is 7.35. The van der Waals surface area contributed by atoms with Gasteiger partial charge in [-0.2, -0.15) is 5.10 Å². The van der Waals surface area contributed by atoms with E-state index in [4.69, 9.17) is 16.7 Å². The van der Waals surface area contributed by atoms with Crippen molar-refractivity contribution in [1.82, 2.24) is 9.78 Å². The first kappa shape index (κ1) is 15.1. The summed E-state index contributed by atoms with van der Waals surface area (Å²) in [6.07, 6.45) is 1.89. The SMILES string of the molecule is CCc1nn(Cc2ccccc2C)c(CC)c1C(C)Cl. The summed E-state index contributed by atoms with van der Waals surface area (Å²) in [6, 6.07) is 8.48. The number of alkyl halides is 1. The highest BCUT2D eigenvalue weighted by Crippen LogP contribution is 2.28. The quantitative estimate of drug-likeness (QED) is 0.732. The lowest BCUT2D eigenvalue weighted by Gasteiger charge is -2.11. The molecule has 1 aromatic carbocycles. The van der Waals surface area contributed by atoms with Crippen LogP contribution < -0.4 is 0 Å². The molecular weight excluding hydrogens is 268 g/mol. The molecule has 0 bridgehead atoms. The van der Waals surface area contributed by atoms with Gasteiger partial charge in [-0.1, -0.05) is 38.1 Å².